The summed E-state index contributed by atoms with van der Waals surface area (Å²) in [5, 5.41) is 5.85. The van der Waals surface area contributed by atoms with Gasteiger partial charge >= 0.3 is 0 Å². The number of benzene rings is 2. The van der Waals surface area contributed by atoms with Gasteiger partial charge in [-0.3, -0.25) is 4.90 Å². The number of para-hydroxylation sites is 1. The Kier molecular flexibility index (Phi) is 4.85. The highest BCUT2D eigenvalue weighted by molar-refractivity contribution is 8.01. The van der Waals surface area contributed by atoms with E-state index in [2.05, 4.69) is 14.8 Å². The van der Waals surface area contributed by atoms with Gasteiger partial charge in [-0.2, -0.15) is 0 Å². The van der Waals surface area contributed by atoms with Crippen LogP contribution in [0.4, 0.5) is 11.4 Å². The Bertz CT molecular complexity index is 1010. The minimum absolute atomic E-state index is 0.117. The third-order valence-corrected chi connectivity index (χ3v) is 7.11. The molecule has 1 saturated heterocycles. The summed E-state index contributed by atoms with van der Waals surface area (Å²) in [6.45, 7) is 3.86. The van der Waals surface area contributed by atoms with Crippen LogP contribution in [0.3, 0.4) is 0 Å². The summed E-state index contributed by atoms with van der Waals surface area (Å²) in [6.07, 6.45) is 0. The van der Waals surface area contributed by atoms with Crippen LogP contribution in [-0.4, -0.2) is 55.3 Å². The standard InChI is InChI=1S/C18H20N4O3S2/c19-27(24,25)15-7-5-14(6-8-15)22-11-9-21(10-12-22)13-18-20-16-3-1-2-4-17(16)26(18)23/h1-8H,9-13H2,(H2,19,24,25). The molecule has 142 valence electrons. The summed E-state index contributed by atoms with van der Waals surface area (Å²) in [5.74, 6) is 0. The lowest BCUT2D eigenvalue weighted by Gasteiger charge is -2.36. The number of aliphatic imine (C=N–C) groups is 1. The zero-order valence-electron chi connectivity index (χ0n) is 14.6. The Labute approximate surface area is 161 Å². The zero-order chi connectivity index (χ0) is 19.0. The molecule has 1 fully saturated rings. The van der Waals surface area contributed by atoms with Crippen molar-refractivity contribution in [3.63, 3.8) is 0 Å². The molecule has 2 N–H and O–H groups in total. The first-order valence-electron chi connectivity index (χ1n) is 8.60. The van der Waals surface area contributed by atoms with Crippen molar-refractivity contribution in [1.82, 2.24) is 4.90 Å². The predicted octanol–water partition coefficient (Wildman–Crippen LogP) is 1.31. The van der Waals surface area contributed by atoms with Crippen molar-refractivity contribution in [2.24, 2.45) is 10.1 Å². The van der Waals surface area contributed by atoms with Crippen LogP contribution in [0.2, 0.25) is 0 Å². The molecule has 27 heavy (non-hydrogen) atoms. The highest BCUT2D eigenvalue weighted by Gasteiger charge is 2.26. The number of nitrogens with zero attached hydrogens (tertiary/aromatic N) is 3. The molecule has 2 aromatic rings. The summed E-state index contributed by atoms with van der Waals surface area (Å²) >= 11 is 0. The van der Waals surface area contributed by atoms with Crippen molar-refractivity contribution in [3.8, 4) is 0 Å². The van der Waals surface area contributed by atoms with Crippen LogP contribution in [0.5, 0.6) is 0 Å². The summed E-state index contributed by atoms with van der Waals surface area (Å²) in [5.41, 5.74) is 1.77. The lowest BCUT2D eigenvalue weighted by atomic mass is 10.2. The van der Waals surface area contributed by atoms with Crippen molar-refractivity contribution >= 4 is 37.2 Å². The van der Waals surface area contributed by atoms with E-state index in [1.165, 1.54) is 12.1 Å². The largest absolute Gasteiger partial charge is 0.369 e. The van der Waals surface area contributed by atoms with E-state index in [0.29, 0.717) is 11.6 Å². The lowest BCUT2D eigenvalue weighted by Crippen LogP contribution is -2.48. The van der Waals surface area contributed by atoms with Crippen molar-refractivity contribution in [1.29, 1.82) is 0 Å². The van der Waals surface area contributed by atoms with Crippen LogP contribution in [0, 0.1) is 0 Å². The van der Waals surface area contributed by atoms with Gasteiger partial charge in [-0.1, -0.05) is 12.1 Å². The molecule has 4 rings (SSSR count). The number of rotatable bonds is 4. The number of anilines is 1. The molecule has 0 aliphatic carbocycles. The van der Waals surface area contributed by atoms with Crippen LogP contribution in [0.15, 0.2) is 63.3 Å². The third-order valence-electron chi connectivity index (χ3n) is 4.79. The summed E-state index contributed by atoms with van der Waals surface area (Å²) in [7, 11) is -4.84. The minimum Gasteiger partial charge on any atom is -0.369 e. The Morgan fingerprint density at radius 3 is 2.30 bits per heavy atom. The predicted molar refractivity (Wildman–Crippen MR) is 106 cm³/mol. The SMILES string of the molecule is NS(=O)(=O)c1ccc(N2CCN(CC3=Nc4ccccc4S3=O)CC2)cc1. The van der Waals surface area contributed by atoms with E-state index < -0.39 is 20.8 Å². The number of hydrogen-bond acceptors (Lipinski definition) is 6. The number of piperazine rings is 1. The summed E-state index contributed by atoms with van der Waals surface area (Å²) in [6, 6.07) is 14.2. The van der Waals surface area contributed by atoms with Crippen LogP contribution in [-0.2, 0) is 20.8 Å². The van der Waals surface area contributed by atoms with Gasteiger partial charge < -0.3 is 4.90 Å². The Morgan fingerprint density at radius 1 is 1.00 bits per heavy atom. The molecule has 0 amide bonds. The molecular formula is C18H20N4O3S2. The molecule has 7 nitrogen and oxygen atoms in total. The van der Waals surface area contributed by atoms with Crippen LogP contribution in [0.1, 0.15) is 0 Å². The third kappa shape index (κ3) is 3.81. The van der Waals surface area contributed by atoms with Gasteiger partial charge in [0.05, 0.1) is 15.5 Å². The number of hydrogen-bond donors (Lipinski definition) is 1. The molecule has 9 heteroatoms. The summed E-state index contributed by atoms with van der Waals surface area (Å²) in [4.78, 5) is 9.89. The Balaban J connectivity index is 1.37. The fourth-order valence-corrected chi connectivity index (χ4v) is 5.06. The van der Waals surface area contributed by atoms with Crippen LogP contribution >= 0.6 is 0 Å². The van der Waals surface area contributed by atoms with Gasteiger partial charge in [0.15, 0.2) is 0 Å². The highest BCUT2D eigenvalue weighted by Crippen LogP contribution is 2.30. The van der Waals surface area contributed by atoms with Gasteiger partial charge in [0, 0.05) is 38.4 Å². The fourth-order valence-electron chi connectivity index (χ4n) is 3.31. The second-order valence-corrected chi connectivity index (χ2v) is 9.55. The first-order chi connectivity index (χ1) is 12.9. The van der Waals surface area contributed by atoms with Gasteiger partial charge in [-0.25, -0.2) is 22.8 Å². The van der Waals surface area contributed by atoms with Crippen molar-refractivity contribution in [2.45, 2.75) is 9.79 Å². The molecule has 0 radical (unpaired) electrons. The van der Waals surface area contributed by atoms with Gasteiger partial charge in [-0.15, -0.1) is 0 Å². The topological polar surface area (TPSA) is 96.1 Å². The average molecular weight is 405 g/mol. The first-order valence-corrected chi connectivity index (χ1v) is 11.3. The lowest BCUT2D eigenvalue weighted by molar-refractivity contribution is 0.293. The number of sulfonamides is 1. The molecule has 1 atom stereocenters. The van der Waals surface area contributed by atoms with Gasteiger partial charge in [0.25, 0.3) is 0 Å². The van der Waals surface area contributed by atoms with Gasteiger partial charge in [0.2, 0.25) is 10.0 Å². The van der Waals surface area contributed by atoms with Gasteiger partial charge in [-0.05, 0) is 36.4 Å². The van der Waals surface area contributed by atoms with E-state index in [-0.39, 0.29) is 4.90 Å². The Hall–Kier alpha value is -2.07. The molecule has 0 aromatic heterocycles. The maximum Gasteiger partial charge on any atom is 0.238 e. The minimum atomic E-state index is -3.67. The van der Waals surface area contributed by atoms with Crippen molar-refractivity contribution in [2.75, 3.05) is 37.6 Å². The number of nitrogens with two attached hydrogens (primary N) is 1. The van der Waals surface area contributed by atoms with Gasteiger partial charge in [0.1, 0.15) is 15.8 Å². The molecule has 0 saturated carbocycles. The van der Waals surface area contributed by atoms with E-state index in [1.54, 1.807) is 12.1 Å². The molecule has 2 heterocycles. The quantitative estimate of drug-likeness (QED) is 0.829. The molecule has 0 spiro atoms. The molecule has 2 aromatic carbocycles. The molecule has 2 aliphatic rings. The maximum absolute atomic E-state index is 12.6. The number of primary sulfonamides is 1. The monoisotopic (exact) mass is 404 g/mol. The molecule has 0 bridgehead atoms. The van der Waals surface area contributed by atoms with Crippen LogP contribution < -0.4 is 10.0 Å². The first kappa shape index (κ1) is 18.3. The van der Waals surface area contributed by atoms with Crippen molar-refractivity contribution < 1.29 is 12.6 Å². The van der Waals surface area contributed by atoms with E-state index in [1.807, 2.05) is 24.3 Å². The maximum atomic E-state index is 12.6. The smallest absolute Gasteiger partial charge is 0.238 e. The zero-order valence-corrected chi connectivity index (χ0v) is 16.2. The second kappa shape index (κ2) is 7.16. The average Bonchev–Trinajstić information content (AvgIpc) is 2.98. The fraction of sp³-hybridized carbons (Fsp3) is 0.278. The van der Waals surface area contributed by atoms with E-state index >= 15 is 0 Å². The van der Waals surface area contributed by atoms with E-state index in [0.717, 1.165) is 42.4 Å². The number of fused-ring (bicyclic) bond motifs is 1. The molecule has 1 unspecified atom stereocenters. The van der Waals surface area contributed by atoms with Crippen molar-refractivity contribution in [3.05, 3.63) is 48.5 Å². The van der Waals surface area contributed by atoms with Crippen LogP contribution in [0.25, 0.3) is 0 Å². The summed E-state index contributed by atoms with van der Waals surface area (Å²) < 4.78 is 35.3. The highest BCUT2D eigenvalue weighted by atomic mass is 32.2. The van der Waals surface area contributed by atoms with E-state index in [9.17, 15) is 12.6 Å². The molecular weight excluding hydrogens is 384 g/mol. The normalized spacial score (nSPS) is 20.4. The Morgan fingerprint density at radius 2 is 1.67 bits per heavy atom. The molecule has 2 aliphatic heterocycles. The van der Waals surface area contributed by atoms with E-state index in [4.69, 9.17) is 5.14 Å². The second-order valence-electron chi connectivity index (χ2n) is 6.54.